The van der Waals surface area contributed by atoms with E-state index in [9.17, 15) is 0 Å². The first-order valence-electron chi connectivity index (χ1n) is 7.20. The summed E-state index contributed by atoms with van der Waals surface area (Å²) < 4.78 is 0. The molecular weight excluding hydrogens is 223 g/mol. The van der Waals surface area contributed by atoms with Crippen LogP contribution in [0.2, 0.25) is 0 Å². The molecule has 1 atom stereocenters. The van der Waals surface area contributed by atoms with Gasteiger partial charge in [-0.3, -0.25) is 0 Å². The molecule has 0 nitrogen and oxygen atoms in total. The zero-order chi connectivity index (χ0) is 13.4. The molecule has 0 aliphatic heterocycles. The molecule has 0 amide bonds. The van der Waals surface area contributed by atoms with Crippen molar-refractivity contribution in [3.63, 3.8) is 0 Å². The van der Waals surface area contributed by atoms with Crippen molar-refractivity contribution < 1.29 is 0 Å². The van der Waals surface area contributed by atoms with Crippen molar-refractivity contribution in [2.45, 2.75) is 66.2 Å². The molecule has 0 bridgehead atoms. The summed E-state index contributed by atoms with van der Waals surface area (Å²) in [6.45, 7) is 8.00. The summed E-state index contributed by atoms with van der Waals surface area (Å²) in [4.78, 5) is 0. The molecule has 17 heavy (non-hydrogen) atoms. The third-order valence-electron chi connectivity index (χ3n) is 2.30. The molecule has 1 fully saturated rings. The lowest BCUT2D eigenvalue weighted by atomic mass is 10.0. The first-order valence-corrected chi connectivity index (χ1v) is 7.78. The van der Waals surface area contributed by atoms with Crippen LogP contribution in [0.5, 0.6) is 0 Å². The lowest BCUT2D eigenvalue weighted by Crippen LogP contribution is -1.85. The average molecular weight is 254 g/mol. The maximum Gasteiger partial charge on any atom is -0.0303 e. The van der Waals surface area contributed by atoms with Gasteiger partial charge < -0.3 is 0 Å². The summed E-state index contributed by atoms with van der Waals surface area (Å²) in [7, 11) is 2.63. The van der Waals surface area contributed by atoms with Crippen LogP contribution in [0.25, 0.3) is 0 Å². The van der Waals surface area contributed by atoms with Crippen LogP contribution in [-0.4, -0.2) is 0 Å². The van der Waals surface area contributed by atoms with Gasteiger partial charge >= 0.3 is 0 Å². The molecule has 1 heteroatoms. The van der Waals surface area contributed by atoms with Gasteiger partial charge in [0, 0.05) is 0 Å². The fourth-order valence-corrected chi connectivity index (χ4v) is 1.74. The van der Waals surface area contributed by atoms with Gasteiger partial charge in [-0.2, -0.15) is 0 Å². The monoisotopic (exact) mass is 254 g/mol. The van der Waals surface area contributed by atoms with Gasteiger partial charge in [0.2, 0.25) is 0 Å². The second-order valence-corrected chi connectivity index (χ2v) is 4.20. The van der Waals surface area contributed by atoms with Crippen LogP contribution in [-0.2, 0) is 0 Å². The quantitative estimate of drug-likeness (QED) is 0.530. The maximum atomic E-state index is 2.63. The summed E-state index contributed by atoms with van der Waals surface area (Å²) in [5.41, 5.74) is 0. The van der Waals surface area contributed by atoms with Crippen LogP contribution in [0.3, 0.4) is 0 Å². The highest BCUT2D eigenvalue weighted by atomic mass is 31.0. The van der Waals surface area contributed by atoms with E-state index in [0.29, 0.717) is 0 Å². The van der Waals surface area contributed by atoms with Gasteiger partial charge in [-0.15, -0.1) is 9.24 Å². The summed E-state index contributed by atoms with van der Waals surface area (Å²) in [6, 6.07) is 10.1. The molecular formula is C16H31P. The van der Waals surface area contributed by atoms with E-state index in [-0.39, 0.29) is 0 Å². The normalized spacial score (nSPS) is 12.8. The Kier molecular flexibility index (Phi) is 20.1. The lowest BCUT2D eigenvalue weighted by molar-refractivity contribution is 0.504. The minimum Gasteiger partial charge on any atom is -0.106 e. The summed E-state index contributed by atoms with van der Waals surface area (Å²) >= 11 is 0. The van der Waals surface area contributed by atoms with E-state index >= 15 is 0 Å². The second-order valence-electron chi connectivity index (χ2n) is 3.53. The Hall–Kier alpha value is -0.350. The Labute approximate surface area is 111 Å². The van der Waals surface area contributed by atoms with Crippen molar-refractivity contribution in [1.82, 2.24) is 0 Å². The standard InChI is InChI=1S/C6H7P.C6H12.2C2H6/c7-6-4-2-1-3-5-6;1-2-4-6-5-3-1;2*1-2/h1-5H,7H2;1-6H2;2*1-2H3. The minimum absolute atomic E-state index is 1.24. The van der Waals surface area contributed by atoms with E-state index in [2.05, 4.69) is 9.24 Å². The van der Waals surface area contributed by atoms with Crippen molar-refractivity contribution in [3.05, 3.63) is 30.3 Å². The van der Waals surface area contributed by atoms with Crippen LogP contribution in [0.1, 0.15) is 66.2 Å². The summed E-state index contributed by atoms with van der Waals surface area (Å²) in [5, 5.41) is 1.24. The van der Waals surface area contributed by atoms with Crippen molar-refractivity contribution >= 4 is 14.5 Å². The van der Waals surface area contributed by atoms with Crippen molar-refractivity contribution in [2.24, 2.45) is 0 Å². The Morgan fingerprint density at radius 1 is 0.647 bits per heavy atom. The van der Waals surface area contributed by atoms with Gasteiger partial charge in [0.1, 0.15) is 0 Å². The van der Waals surface area contributed by atoms with Gasteiger partial charge in [-0.25, -0.2) is 0 Å². The predicted molar refractivity (Wildman–Crippen MR) is 86.2 cm³/mol. The molecule has 1 aromatic rings. The van der Waals surface area contributed by atoms with Crippen molar-refractivity contribution in [1.29, 1.82) is 0 Å². The Bertz CT molecular complexity index is 191. The maximum absolute atomic E-state index is 2.63. The number of hydrogen-bond acceptors (Lipinski definition) is 0. The summed E-state index contributed by atoms with van der Waals surface area (Å²) in [6.07, 6.45) is 9.00. The number of hydrogen-bond donors (Lipinski definition) is 0. The van der Waals surface area contributed by atoms with Crippen LogP contribution >= 0.6 is 9.24 Å². The topological polar surface area (TPSA) is 0 Å². The van der Waals surface area contributed by atoms with Crippen LogP contribution < -0.4 is 5.30 Å². The SMILES string of the molecule is C1CCCCC1.CC.CC.Pc1ccccc1. The Balaban J connectivity index is 0. The minimum atomic E-state index is 1.24. The third kappa shape index (κ3) is 15.6. The molecule has 100 valence electrons. The molecule has 1 saturated carbocycles. The van der Waals surface area contributed by atoms with E-state index in [4.69, 9.17) is 0 Å². The molecule has 0 radical (unpaired) electrons. The van der Waals surface area contributed by atoms with Gasteiger partial charge in [0.15, 0.2) is 0 Å². The summed E-state index contributed by atoms with van der Waals surface area (Å²) in [5.74, 6) is 0. The van der Waals surface area contributed by atoms with Crippen LogP contribution in [0.4, 0.5) is 0 Å². The van der Waals surface area contributed by atoms with E-state index in [1.165, 1.54) is 43.8 Å². The highest BCUT2D eigenvalue weighted by Gasteiger charge is 1.95. The first kappa shape index (κ1) is 19.0. The predicted octanol–water partition coefficient (Wildman–Crippen LogP) is 5.58. The fraction of sp³-hybridized carbons (Fsp3) is 0.625. The van der Waals surface area contributed by atoms with E-state index < -0.39 is 0 Å². The van der Waals surface area contributed by atoms with E-state index in [1.807, 2.05) is 58.0 Å². The molecule has 0 saturated heterocycles. The van der Waals surface area contributed by atoms with E-state index in [0.717, 1.165) is 0 Å². The molecule has 0 aromatic heterocycles. The van der Waals surface area contributed by atoms with Gasteiger partial charge in [0.25, 0.3) is 0 Å². The van der Waals surface area contributed by atoms with E-state index in [1.54, 1.807) is 0 Å². The van der Waals surface area contributed by atoms with Crippen LogP contribution in [0.15, 0.2) is 30.3 Å². The smallest absolute Gasteiger partial charge is 0.0303 e. The molecule has 0 heterocycles. The molecule has 0 spiro atoms. The Morgan fingerprint density at radius 3 is 1.12 bits per heavy atom. The molecule has 0 N–H and O–H groups in total. The zero-order valence-corrected chi connectivity index (χ0v) is 13.4. The molecule has 1 aliphatic rings. The highest BCUT2D eigenvalue weighted by molar-refractivity contribution is 7.27. The van der Waals surface area contributed by atoms with Crippen molar-refractivity contribution in [3.8, 4) is 0 Å². The largest absolute Gasteiger partial charge is 0.106 e. The fourth-order valence-electron chi connectivity index (χ4n) is 1.51. The molecule has 1 aromatic carbocycles. The number of benzene rings is 1. The molecule has 2 rings (SSSR count). The zero-order valence-electron chi connectivity index (χ0n) is 12.2. The first-order chi connectivity index (χ1) is 8.39. The second kappa shape index (κ2) is 18.0. The van der Waals surface area contributed by atoms with Crippen molar-refractivity contribution in [2.75, 3.05) is 0 Å². The lowest BCUT2D eigenvalue weighted by Gasteiger charge is -2.05. The van der Waals surface area contributed by atoms with Gasteiger partial charge in [-0.05, 0) is 5.30 Å². The molecule has 1 aliphatic carbocycles. The third-order valence-corrected chi connectivity index (χ3v) is 2.68. The Morgan fingerprint density at radius 2 is 0.941 bits per heavy atom. The van der Waals surface area contributed by atoms with Gasteiger partial charge in [-0.1, -0.05) is 96.6 Å². The van der Waals surface area contributed by atoms with Crippen LogP contribution in [0, 0.1) is 0 Å². The number of rotatable bonds is 0. The highest BCUT2D eigenvalue weighted by Crippen LogP contribution is 2.15. The molecule has 1 unspecified atom stereocenters. The average Bonchev–Trinajstić information content (AvgIpc) is 2.47. The van der Waals surface area contributed by atoms with Gasteiger partial charge in [0.05, 0.1) is 0 Å².